The second-order valence-corrected chi connectivity index (χ2v) is 9.72. The van der Waals surface area contributed by atoms with Crippen molar-refractivity contribution in [2.24, 2.45) is 11.8 Å². The van der Waals surface area contributed by atoms with Crippen LogP contribution in [0, 0.1) is 11.8 Å². The predicted molar refractivity (Wildman–Crippen MR) is 114 cm³/mol. The van der Waals surface area contributed by atoms with E-state index in [4.69, 9.17) is 14.2 Å². The first-order valence-electron chi connectivity index (χ1n) is 11.2. The highest BCUT2D eigenvalue weighted by Gasteiger charge is 2.40. The Morgan fingerprint density at radius 1 is 1.17 bits per heavy atom. The molecule has 1 aromatic carbocycles. The van der Waals surface area contributed by atoms with Gasteiger partial charge in [-0.1, -0.05) is 13.8 Å². The fraction of sp³-hybridized carbons (Fsp3) is 0.708. The minimum absolute atomic E-state index is 0.0995. The van der Waals surface area contributed by atoms with Gasteiger partial charge in [0.15, 0.2) is 0 Å². The molecule has 2 fully saturated rings. The highest BCUT2D eigenvalue weighted by atomic mass is 16.6. The lowest BCUT2D eigenvalue weighted by Gasteiger charge is -2.41. The van der Waals surface area contributed by atoms with Crippen LogP contribution in [0.2, 0.25) is 0 Å². The molecule has 0 bridgehead atoms. The average molecular weight is 405 g/mol. The van der Waals surface area contributed by atoms with Crippen molar-refractivity contribution in [1.82, 2.24) is 0 Å². The zero-order valence-corrected chi connectivity index (χ0v) is 18.5. The van der Waals surface area contributed by atoms with Crippen molar-refractivity contribution in [3.05, 3.63) is 29.8 Å². The van der Waals surface area contributed by atoms with Crippen molar-refractivity contribution in [1.29, 1.82) is 0 Å². The summed E-state index contributed by atoms with van der Waals surface area (Å²) in [5.41, 5.74) is 0.322. The van der Waals surface area contributed by atoms with Crippen LogP contribution in [0.15, 0.2) is 24.3 Å². The van der Waals surface area contributed by atoms with Crippen LogP contribution in [0.5, 0.6) is 5.75 Å². The molecule has 0 saturated carbocycles. The van der Waals surface area contributed by atoms with Crippen molar-refractivity contribution in [2.75, 3.05) is 32.8 Å². The number of hydrogen-bond acceptors (Lipinski definition) is 4. The lowest BCUT2D eigenvalue weighted by Crippen LogP contribution is -3.13. The Morgan fingerprint density at radius 2 is 1.86 bits per heavy atom. The van der Waals surface area contributed by atoms with Crippen molar-refractivity contribution >= 4 is 5.97 Å². The van der Waals surface area contributed by atoms with Crippen LogP contribution >= 0.6 is 0 Å². The van der Waals surface area contributed by atoms with Gasteiger partial charge in [-0.05, 0) is 63.3 Å². The number of hydrogen-bond donors (Lipinski definition) is 1. The Kier molecular flexibility index (Phi) is 7.58. The van der Waals surface area contributed by atoms with E-state index in [1.807, 2.05) is 12.1 Å². The molecule has 0 unspecified atom stereocenters. The van der Waals surface area contributed by atoms with E-state index in [1.54, 1.807) is 17.0 Å². The van der Waals surface area contributed by atoms with Crippen molar-refractivity contribution in [2.45, 2.75) is 65.1 Å². The van der Waals surface area contributed by atoms with Gasteiger partial charge in [0.25, 0.3) is 0 Å². The van der Waals surface area contributed by atoms with Gasteiger partial charge in [-0.15, -0.1) is 0 Å². The Labute approximate surface area is 175 Å². The molecule has 2 aliphatic rings. The summed E-state index contributed by atoms with van der Waals surface area (Å²) in [7, 11) is 0. The van der Waals surface area contributed by atoms with Crippen LogP contribution in [-0.4, -0.2) is 50.5 Å². The monoisotopic (exact) mass is 404 g/mol. The first-order chi connectivity index (χ1) is 13.8. The van der Waals surface area contributed by atoms with Gasteiger partial charge in [-0.3, -0.25) is 0 Å². The number of ether oxygens (including phenoxy) is 3. The van der Waals surface area contributed by atoms with Gasteiger partial charge in [0.1, 0.15) is 11.9 Å². The SMILES string of the molecule is CC(C)COc1ccc(C(=O)O[C@@H]2CC(C)(C)OC[C@H]2C[NH+]2CCCCC2)cc1. The lowest BCUT2D eigenvalue weighted by atomic mass is 9.87. The third-order valence-corrected chi connectivity index (χ3v) is 5.95. The van der Waals surface area contributed by atoms with Gasteiger partial charge in [0.2, 0.25) is 0 Å². The molecule has 1 aromatic rings. The highest BCUT2D eigenvalue weighted by molar-refractivity contribution is 5.89. The number of benzene rings is 1. The normalized spacial score (nSPS) is 25.0. The van der Waals surface area contributed by atoms with Gasteiger partial charge in [0, 0.05) is 6.42 Å². The average Bonchev–Trinajstić information content (AvgIpc) is 2.69. The van der Waals surface area contributed by atoms with Crippen molar-refractivity contribution in [3.63, 3.8) is 0 Å². The zero-order chi connectivity index (χ0) is 20.9. The summed E-state index contributed by atoms with van der Waals surface area (Å²) in [6.45, 7) is 13.2. The van der Waals surface area contributed by atoms with Gasteiger partial charge in [0.05, 0.1) is 49.9 Å². The summed E-state index contributed by atoms with van der Waals surface area (Å²) in [6.07, 6.45) is 4.57. The number of rotatable bonds is 7. The summed E-state index contributed by atoms with van der Waals surface area (Å²) in [5, 5.41) is 0. The summed E-state index contributed by atoms with van der Waals surface area (Å²) >= 11 is 0. The molecule has 2 heterocycles. The number of carbonyl (C=O) groups is 1. The Bertz CT molecular complexity index is 649. The maximum Gasteiger partial charge on any atom is 0.338 e. The molecule has 5 nitrogen and oxygen atoms in total. The third kappa shape index (κ3) is 6.71. The number of esters is 1. The van der Waals surface area contributed by atoms with Gasteiger partial charge in [-0.2, -0.15) is 0 Å². The number of nitrogens with one attached hydrogen (secondary N) is 1. The Balaban J connectivity index is 1.61. The fourth-order valence-corrected chi connectivity index (χ4v) is 4.26. The van der Waals surface area contributed by atoms with Crippen LogP contribution in [0.1, 0.15) is 63.7 Å². The molecular formula is C24H38NO4+. The van der Waals surface area contributed by atoms with E-state index < -0.39 is 0 Å². The van der Waals surface area contributed by atoms with Crippen molar-refractivity contribution < 1.29 is 23.9 Å². The molecule has 0 aliphatic carbocycles. The quantitative estimate of drug-likeness (QED) is 0.710. The molecule has 162 valence electrons. The fourth-order valence-electron chi connectivity index (χ4n) is 4.26. The van der Waals surface area contributed by atoms with Crippen LogP contribution in [0.25, 0.3) is 0 Å². The number of carbonyl (C=O) groups excluding carboxylic acids is 1. The van der Waals surface area contributed by atoms with E-state index >= 15 is 0 Å². The zero-order valence-electron chi connectivity index (χ0n) is 18.5. The van der Waals surface area contributed by atoms with Crippen LogP contribution in [0.3, 0.4) is 0 Å². The molecule has 29 heavy (non-hydrogen) atoms. The maximum atomic E-state index is 12.8. The molecule has 0 spiro atoms. The maximum absolute atomic E-state index is 12.8. The molecule has 2 saturated heterocycles. The van der Waals surface area contributed by atoms with E-state index in [0.29, 0.717) is 24.7 Å². The van der Waals surface area contributed by atoms with E-state index in [9.17, 15) is 4.79 Å². The topological polar surface area (TPSA) is 49.2 Å². The Morgan fingerprint density at radius 3 is 2.52 bits per heavy atom. The summed E-state index contributed by atoms with van der Waals surface area (Å²) < 4.78 is 17.8. The third-order valence-electron chi connectivity index (χ3n) is 5.95. The number of likely N-dealkylation sites (tertiary alicyclic amines) is 1. The summed E-state index contributed by atoms with van der Waals surface area (Å²) in [5.74, 6) is 1.26. The molecule has 3 rings (SSSR count). The summed E-state index contributed by atoms with van der Waals surface area (Å²) in [6, 6.07) is 7.30. The van der Waals surface area contributed by atoms with E-state index in [0.717, 1.165) is 18.7 Å². The first kappa shape index (κ1) is 22.1. The molecule has 2 aliphatic heterocycles. The minimum atomic E-state index is -0.257. The van der Waals surface area contributed by atoms with Crippen LogP contribution in [0.4, 0.5) is 0 Å². The first-order valence-corrected chi connectivity index (χ1v) is 11.2. The van der Waals surface area contributed by atoms with Gasteiger partial charge >= 0.3 is 5.97 Å². The second-order valence-electron chi connectivity index (χ2n) is 9.72. The Hall–Kier alpha value is -1.59. The molecule has 1 N–H and O–H groups in total. The van der Waals surface area contributed by atoms with Crippen molar-refractivity contribution in [3.8, 4) is 5.75 Å². The van der Waals surface area contributed by atoms with Gasteiger partial charge < -0.3 is 19.1 Å². The molecule has 2 atom stereocenters. The smallest absolute Gasteiger partial charge is 0.338 e. The van der Waals surface area contributed by atoms with Crippen LogP contribution < -0.4 is 9.64 Å². The predicted octanol–water partition coefficient (Wildman–Crippen LogP) is 3.13. The number of quaternary nitrogens is 1. The van der Waals surface area contributed by atoms with Crippen LogP contribution in [-0.2, 0) is 9.47 Å². The molecule has 0 amide bonds. The number of piperidine rings is 1. The largest absolute Gasteiger partial charge is 0.493 e. The molecule has 0 aromatic heterocycles. The molecule has 0 radical (unpaired) electrons. The minimum Gasteiger partial charge on any atom is -0.493 e. The van der Waals surface area contributed by atoms with Gasteiger partial charge in [-0.25, -0.2) is 4.79 Å². The molecule has 5 heteroatoms. The van der Waals surface area contributed by atoms with E-state index in [2.05, 4.69) is 27.7 Å². The second kappa shape index (κ2) is 9.94. The summed E-state index contributed by atoms with van der Waals surface area (Å²) in [4.78, 5) is 14.5. The lowest BCUT2D eigenvalue weighted by molar-refractivity contribution is -0.909. The van der Waals surface area contributed by atoms with E-state index in [-0.39, 0.29) is 23.6 Å². The standard InChI is InChI=1S/C24H37NO4/c1-18(2)16-27-21-10-8-19(9-11-21)23(26)29-22-14-24(3,4)28-17-20(22)15-25-12-6-5-7-13-25/h8-11,18,20,22H,5-7,12-17H2,1-4H3/p+1/t20-,22-/m1/s1. The highest BCUT2D eigenvalue weighted by Crippen LogP contribution is 2.30. The molecular weight excluding hydrogens is 366 g/mol. The van der Waals surface area contributed by atoms with E-state index in [1.165, 1.54) is 32.4 Å².